The molecule has 1 rings (SSSR count). The van der Waals surface area contributed by atoms with Gasteiger partial charge in [0.15, 0.2) is 0 Å². The van der Waals surface area contributed by atoms with Crippen molar-refractivity contribution in [2.45, 2.75) is 34.1 Å². The maximum absolute atomic E-state index is 5.31. The molecule has 0 fully saturated rings. The zero-order chi connectivity index (χ0) is 12.0. The average Bonchev–Trinajstić information content (AvgIpc) is 2.28. The van der Waals surface area contributed by atoms with Crippen LogP contribution in [0.15, 0.2) is 12.4 Å². The molecule has 0 saturated heterocycles. The fourth-order valence-electron chi connectivity index (χ4n) is 1.12. The van der Waals surface area contributed by atoms with E-state index in [2.05, 4.69) is 36.1 Å². The Kier molecular flexibility index (Phi) is 4.52. The Labute approximate surface area is 97.5 Å². The first kappa shape index (κ1) is 12.7. The molecule has 0 aliphatic carbocycles. The molecule has 0 atom stereocenters. The normalized spacial score (nSPS) is 11.2. The lowest BCUT2D eigenvalue weighted by Gasteiger charge is -2.23. The molecule has 0 spiro atoms. The van der Waals surface area contributed by atoms with Crippen molar-refractivity contribution < 1.29 is 4.74 Å². The van der Waals surface area contributed by atoms with E-state index in [1.165, 1.54) is 6.33 Å². The first-order chi connectivity index (χ1) is 7.57. The maximum atomic E-state index is 5.31. The van der Waals surface area contributed by atoms with E-state index in [1.54, 1.807) is 0 Å². The summed E-state index contributed by atoms with van der Waals surface area (Å²) in [4.78, 5) is 8.18. The van der Waals surface area contributed by atoms with Crippen LogP contribution in [0, 0.1) is 5.41 Å². The molecule has 1 aromatic heterocycles. The van der Waals surface area contributed by atoms with Crippen molar-refractivity contribution >= 4 is 5.82 Å². The van der Waals surface area contributed by atoms with E-state index in [9.17, 15) is 0 Å². The minimum atomic E-state index is 0.275. The molecule has 1 N–H and O–H groups in total. The van der Waals surface area contributed by atoms with Gasteiger partial charge in [0.1, 0.15) is 12.1 Å². The summed E-state index contributed by atoms with van der Waals surface area (Å²) in [5.41, 5.74) is 0.275. The summed E-state index contributed by atoms with van der Waals surface area (Å²) >= 11 is 0. The second-order valence-corrected chi connectivity index (χ2v) is 4.55. The van der Waals surface area contributed by atoms with E-state index in [-0.39, 0.29) is 5.41 Å². The molecule has 0 bridgehead atoms. The lowest BCUT2D eigenvalue weighted by molar-refractivity contribution is 0.326. The molecule has 0 radical (unpaired) electrons. The van der Waals surface area contributed by atoms with Gasteiger partial charge in [0.2, 0.25) is 5.88 Å². The van der Waals surface area contributed by atoms with Crippen LogP contribution in [0.3, 0.4) is 0 Å². The van der Waals surface area contributed by atoms with Crippen LogP contribution in [0.2, 0.25) is 0 Å². The predicted octanol–water partition coefficient (Wildman–Crippen LogP) is 2.72. The van der Waals surface area contributed by atoms with Gasteiger partial charge < -0.3 is 10.1 Å². The summed E-state index contributed by atoms with van der Waals surface area (Å²) < 4.78 is 5.31. The van der Waals surface area contributed by atoms with E-state index in [0.29, 0.717) is 12.5 Å². The SMILES string of the molecule is CCOc1cc(NCC(C)(C)CC)ncn1. The second-order valence-electron chi connectivity index (χ2n) is 4.55. The largest absolute Gasteiger partial charge is 0.478 e. The van der Waals surface area contributed by atoms with Crippen LogP contribution in [0.1, 0.15) is 34.1 Å². The topological polar surface area (TPSA) is 47.0 Å². The third-order valence-electron chi connectivity index (χ3n) is 2.64. The minimum Gasteiger partial charge on any atom is -0.478 e. The van der Waals surface area contributed by atoms with Gasteiger partial charge in [-0.25, -0.2) is 9.97 Å². The van der Waals surface area contributed by atoms with E-state index in [4.69, 9.17) is 4.74 Å². The van der Waals surface area contributed by atoms with Gasteiger partial charge in [0.05, 0.1) is 6.61 Å². The van der Waals surface area contributed by atoms with Gasteiger partial charge in [0, 0.05) is 12.6 Å². The van der Waals surface area contributed by atoms with E-state index < -0.39 is 0 Å². The monoisotopic (exact) mass is 223 g/mol. The number of rotatable bonds is 6. The summed E-state index contributed by atoms with van der Waals surface area (Å²) in [6.45, 7) is 10.1. The van der Waals surface area contributed by atoms with Crippen LogP contribution in [0.5, 0.6) is 5.88 Å². The van der Waals surface area contributed by atoms with Crippen molar-refractivity contribution in [1.82, 2.24) is 9.97 Å². The lowest BCUT2D eigenvalue weighted by atomic mass is 9.90. The van der Waals surface area contributed by atoms with Crippen molar-refractivity contribution in [3.8, 4) is 5.88 Å². The van der Waals surface area contributed by atoms with Crippen molar-refractivity contribution in [1.29, 1.82) is 0 Å². The number of ether oxygens (including phenoxy) is 1. The van der Waals surface area contributed by atoms with Crippen LogP contribution in [-0.2, 0) is 0 Å². The Morgan fingerprint density at radius 2 is 2.06 bits per heavy atom. The van der Waals surface area contributed by atoms with Crippen molar-refractivity contribution in [2.24, 2.45) is 5.41 Å². The lowest BCUT2D eigenvalue weighted by Crippen LogP contribution is -2.22. The first-order valence-corrected chi connectivity index (χ1v) is 5.76. The average molecular weight is 223 g/mol. The van der Waals surface area contributed by atoms with Gasteiger partial charge in [-0.1, -0.05) is 20.8 Å². The van der Waals surface area contributed by atoms with Crippen molar-refractivity contribution in [2.75, 3.05) is 18.5 Å². The summed E-state index contributed by atoms with van der Waals surface area (Å²) in [6, 6.07) is 1.83. The van der Waals surface area contributed by atoms with Gasteiger partial charge in [-0.05, 0) is 18.8 Å². The molecule has 0 unspecified atom stereocenters. The second kappa shape index (κ2) is 5.68. The molecular weight excluding hydrogens is 202 g/mol. The number of aromatic nitrogens is 2. The molecule has 1 aromatic rings. The minimum absolute atomic E-state index is 0.275. The van der Waals surface area contributed by atoms with Crippen molar-refractivity contribution in [3.05, 3.63) is 12.4 Å². The number of nitrogens with one attached hydrogen (secondary N) is 1. The summed E-state index contributed by atoms with van der Waals surface area (Å²) in [5.74, 6) is 1.44. The van der Waals surface area contributed by atoms with E-state index >= 15 is 0 Å². The Bertz CT molecular complexity index is 326. The third-order valence-corrected chi connectivity index (χ3v) is 2.64. The fourth-order valence-corrected chi connectivity index (χ4v) is 1.12. The molecule has 0 aliphatic rings. The van der Waals surface area contributed by atoms with Crippen LogP contribution >= 0.6 is 0 Å². The van der Waals surface area contributed by atoms with E-state index in [1.807, 2.05) is 13.0 Å². The van der Waals surface area contributed by atoms with Gasteiger partial charge in [-0.15, -0.1) is 0 Å². The number of anilines is 1. The molecular formula is C12H21N3O. The fraction of sp³-hybridized carbons (Fsp3) is 0.667. The van der Waals surface area contributed by atoms with Gasteiger partial charge >= 0.3 is 0 Å². The highest BCUT2D eigenvalue weighted by Crippen LogP contribution is 2.20. The van der Waals surface area contributed by atoms with Crippen molar-refractivity contribution in [3.63, 3.8) is 0 Å². The van der Waals surface area contributed by atoms with Crippen LogP contribution in [-0.4, -0.2) is 23.1 Å². The summed E-state index contributed by atoms with van der Waals surface area (Å²) in [6.07, 6.45) is 2.65. The molecule has 1 heterocycles. The Morgan fingerprint density at radius 3 is 2.69 bits per heavy atom. The molecule has 4 heteroatoms. The Hall–Kier alpha value is -1.32. The molecule has 0 amide bonds. The Balaban J connectivity index is 2.57. The quantitative estimate of drug-likeness (QED) is 0.805. The van der Waals surface area contributed by atoms with Gasteiger partial charge in [-0.3, -0.25) is 0 Å². The molecule has 0 aliphatic heterocycles. The zero-order valence-corrected chi connectivity index (χ0v) is 10.6. The molecule has 0 saturated carbocycles. The van der Waals surface area contributed by atoms with E-state index in [0.717, 1.165) is 18.8 Å². The predicted molar refractivity (Wildman–Crippen MR) is 65.8 cm³/mol. The highest BCUT2D eigenvalue weighted by atomic mass is 16.5. The molecule has 90 valence electrons. The summed E-state index contributed by atoms with van der Waals surface area (Å²) in [5, 5.41) is 3.30. The highest BCUT2D eigenvalue weighted by molar-refractivity contribution is 5.37. The molecule has 0 aromatic carbocycles. The maximum Gasteiger partial charge on any atom is 0.218 e. The molecule has 4 nitrogen and oxygen atoms in total. The highest BCUT2D eigenvalue weighted by Gasteiger charge is 2.14. The standard InChI is InChI=1S/C12H21N3O/c1-5-12(3,4)8-13-10-7-11(16-6-2)15-9-14-10/h7,9H,5-6,8H2,1-4H3,(H,13,14,15). The van der Waals surface area contributed by atoms with Crippen LogP contribution < -0.4 is 10.1 Å². The zero-order valence-electron chi connectivity index (χ0n) is 10.6. The first-order valence-electron chi connectivity index (χ1n) is 5.76. The molecule has 16 heavy (non-hydrogen) atoms. The third kappa shape index (κ3) is 4.04. The van der Waals surface area contributed by atoms with Crippen LogP contribution in [0.4, 0.5) is 5.82 Å². The summed E-state index contributed by atoms with van der Waals surface area (Å²) in [7, 11) is 0. The number of nitrogens with zero attached hydrogens (tertiary/aromatic N) is 2. The van der Waals surface area contributed by atoms with Gasteiger partial charge in [0.25, 0.3) is 0 Å². The Morgan fingerprint density at radius 1 is 1.31 bits per heavy atom. The number of hydrogen-bond donors (Lipinski definition) is 1. The smallest absolute Gasteiger partial charge is 0.218 e. The number of hydrogen-bond acceptors (Lipinski definition) is 4. The van der Waals surface area contributed by atoms with Crippen LogP contribution in [0.25, 0.3) is 0 Å². The van der Waals surface area contributed by atoms with Gasteiger partial charge in [-0.2, -0.15) is 0 Å².